The summed E-state index contributed by atoms with van der Waals surface area (Å²) < 4.78 is 19.0. The van der Waals surface area contributed by atoms with E-state index in [1.807, 2.05) is 0 Å². The molecule has 7 heteroatoms. The van der Waals surface area contributed by atoms with E-state index in [0.29, 0.717) is 18.5 Å². The molecule has 0 bridgehead atoms. The Morgan fingerprint density at radius 2 is 2.23 bits per heavy atom. The molecule has 1 aliphatic rings. The number of amides is 1. The topological polar surface area (TPSA) is 91.6 Å². The number of nitrogens with two attached hydrogens (primary N) is 1. The number of hydrogen-bond acceptors (Lipinski definition) is 4. The van der Waals surface area contributed by atoms with Crippen LogP contribution in [0.3, 0.4) is 0 Å². The predicted octanol–water partition coefficient (Wildman–Crippen LogP) is 2.72. The van der Waals surface area contributed by atoms with E-state index in [-0.39, 0.29) is 24.3 Å². The summed E-state index contributed by atoms with van der Waals surface area (Å²) in [5.41, 5.74) is 7.03. The monoisotopic (exact) mass is 363 g/mol. The molecule has 0 saturated carbocycles. The number of fused-ring (bicyclic) bond motifs is 1. The molecule has 1 aliphatic heterocycles. The van der Waals surface area contributed by atoms with E-state index in [2.05, 4.69) is 4.98 Å². The minimum absolute atomic E-state index is 0.195. The SMILES string of the molecule is CC(C)(C)OC(=O)N1C[C@H](O)C[C@H]1C(CN)c1c[nH]c2cc(F)ccc12. The Kier molecular flexibility index (Phi) is 4.94. The highest BCUT2D eigenvalue weighted by molar-refractivity contribution is 5.84. The van der Waals surface area contributed by atoms with E-state index in [1.54, 1.807) is 37.9 Å². The van der Waals surface area contributed by atoms with Gasteiger partial charge in [-0.1, -0.05) is 0 Å². The van der Waals surface area contributed by atoms with Gasteiger partial charge in [-0.25, -0.2) is 9.18 Å². The Balaban J connectivity index is 1.93. The molecule has 1 aromatic heterocycles. The molecule has 1 saturated heterocycles. The van der Waals surface area contributed by atoms with Crippen molar-refractivity contribution in [3.63, 3.8) is 0 Å². The molecule has 2 aromatic rings. The molecule has 142 valence electrons. The first-order valence-corrected chi connectivity index (χ1v) is 8.84. The van der Waals surface area contributed by atoms with E-state index in [1.165, 1.54) is 12.1 Å². The fraction of sp³-hybridized carbons (Fsp3) is 0.526. The second-order valence-corrected chi connectivity index (χ2v) is 7.87. The van der Waals surface area contributed by atoms with Crippen LogP contribution in [0.4, 0.5) is 9.18 Å². The second-order valence-electron chi connectivity index (χ2n) is 7.87. The number of carbonyl (C=O) groups excluding carboxylic acids is 1. The molecule has 3 rings (SSSR count). The number of H-pyrrole nitrogens is 1. The first-order valence-electron chi connectivity index (χ1n) is 8.84. The molecule has 3 atom stereocenters. The highest BCUT2D eigenvalue weighted by atomic mass is 19.1. The summed E-state index contributed by atoms with van der Waals surface area (Å²) in [5.74, 6) is -0.513. The standard InChI is InChI=1S/C19H26FN3O3/c1-19(2,3)26-18(25)23-10-12(24)7-17(23)14(8-21)15-9-22-16-6-11(20)4-5-13(15)16/h4-6,9,12,14,17,22,24H,7-8,10,21H2,1-3H3/t12-,14?,17+/m1/s1. The van der Waals surface area contributed by atoms with Crippen LogP contribution in [0.1, 0.15) is 38.7 Å². The molecule has 4 N–H and O–H groups in total. The third-order valence-corrected chi connectivity index (χ3v) is 4.74. The Labute approximate surface area is 152 Å². The van der Waals surface area contributed by atoms with Gasteiger partial charge in [0, 0.05) is 35.6 Å². The number of β-amino-alcohol motifs (C(OH)–C–C–N with tert-alkyl or cyclic N) is 1. The van der Waals surface area contributed by atoms with E-state index in [4.69, 9.17) is 10.5 Å². The maximum atomic E-state index is 13.5. The Bertz CT molecular complexity index is 799. The lowest BCUT2D eigenvalue weighted by Crippen LogP contribution is -2.44. The third-order valence-electron chi connectivity index (χ3n) is 4.74. The number of nitrogens with one attached hydrogen (secondary N) is 1. The van der Waals surface area contributed by atoms with E-state index < -0.39 is 17.8 Å². The Morgan fingerprint density at radius 3 is 2.88 bits per heavy atom. The summed E-state index contributed by atoms with van der Waals surface area (Å²) in [6, 6.07) is 4.26. The van der Waals surface area contributed by atoms with Gasteiger partial charge in [0.2, 0.25) is 0 Å². The van der Waals surface area contributed by atoms with Gasteiger partial charge in [-0.05, 0) is 51.0 Å². The van der Waals surface area contributed by atoms with Crippen molar-refractivity contribution in [2.75, 3.05) is 13.1 Å². The zero-order chi connectivity index (χ0) is 19.1. The van der Waals surface area contributed by atoms with Crippen LogP contribution >= 0.6 is 0 Å². The molecule has 1 unspecified atom stereocenters. The number of halogens is 1. The van der Waals surface area contributed by atoms with Gasteiger partial charge >= 0.3 is 6.09 Å². The summed E-state index contributed by atoms with van der Waals surface area (Å²) in [5, 5.41) is 11.0. The lowest BCUT2D eigenvalue weighted by atomic mass is 9.89. The number of aromatic amines is 1. The number of aliphatic hydroxyl groups excluding tert-OH is 1. The van der Waals surface area contributed by atoms with Crippen LogP contribution in [0.5, 0.6) is 0 Å². The van der Waals surface area contributed by atoms with E-state index >= 15 is 0 Å². The number of aromatic nitrogens is 1. The van der Waals surface area contributed by atoms with Crippen molar-refractivity contribution in [2.45, 2.75) is 50.9 Å². The minimum atomic E-state index is -0.621. The van der Waals surface area contributed by atoms with Gasteiger partial charge in [0.05, 0.1) is 12.6 Å². The van der Waals surface area contributed by atoms with Gasteiger partial charge < -0.3 is 25.5 Å². The van der Waals surface area contributed by atoms with Gasteiger partial charge in [0.25, 0.3) is 0 Å². The highest BCUT2D eigenvalue weighted by Gasteiger charge is 2.41. The number of likely N-dealkylation sites (tertiary alicyclic amines) is 1. The van der Waals surface area contributed by atoms with Crippen molar-refractivity contribution < 1.29 is 19.0 Å². The van der Waals surface area contributed by atoms with Gasteiger partial charge in [0.1, 0.15) is 11.4 Å². The van der Waals surface area contributed by atoms with E-state index in [9.17, 15) is 14.3 Å². The number of nitrogens with zero attached hydrogens (tertiary/aromatic N) is 1. The predicted molar refractivity (Wildman–Crippen MR) is 97.4 cm³/mol. The summed E-state index contributed by atoms with van der Waals surface area (Å²) >= 11 is 0. The molecule has 0 spiro atoms. The van der Waals surface area contributed by atoms with Gasteiger partial charge in [-0.2, -0.15) is 0 Å². The molecule has 2 heterocycles. The fourth-order valence-corrected chi connectivity index (χ4v) is 3.67. The highest BCUT2D eigenvalue weighted by Crippen LogP contribution is 2.35. The molecule has 26 heavy (non-hydrogen) atoms. The number of hydrogen-bond donors (Lipinski definition) is 3. The number of benzene rings is 1. The van der Waals surface area contributed by atoms with Crippen LogP contribution in [0.15, 0.2) is 24.4 Å². The third kappa shape index (κ3) is 3.68. The summed E-state index contributed by atoms with van der Waals surface area (Å²) in [6.07, 6.45) is 1.15. The molecular formula is C19H26FN3O3. The van der Waals surface area contributed by atoms with Crippen molar-refractivity contribution in [3.8, 4) is 0 Å². The summed E-state index contributed by atoms with van der Waals surface area (Å²) in [4.78, 5) is 17.2. The first kappa shape index (κ1) is 18.7. The van der Waals surface area contributed by atoms with Gasteiger partial charge in [-0.3, -0.25) is 0 Å². The molecule has 1 fully saturated rings. The van der Waals surface area contributed by atoms with Crippen LogP contribution < -0.4 is 5.73 Å². The second kappa shape index (κ2) is 6.89. The average molecular weight is 363 g/mol. The fourth-order valence-electron chi connectivity index (χ4n) is 3.67. The molecule has 1 amide bonds. The number of aliphatic hydroxyl groups is 1. The van der Waals surface area contributed by atoms with Crippen LogP contribution in [-0.4, -0.2) is 51.9 Å². The Morgan fingerprint density at radius 1 is 1.50 bits per heavy atom. The number of ether oxygens (including phenoxy) is 1. The molecule has 0 aliphatic carbocycles. The largest absolute Gasteiger partial charge is 0.444 e. The number of carbonyl (C=O) groups is 1. The summed E-state index contributed by atoms with van der Waals surface area (Å²) in [6.45, 7) is 5.93. The van der Waals surface area contributed by atoms with Gasteiger partial charge in [0.15, 0.2) is 0 Å². The zero-order valence-corrected chi connectivity index (χ0v) is 15.3. The number of rotatable bonds is 3. The quantitative estimate of drug-likeness (QED) is 0.782. The molecule has 0 radical (unpaired) electrons. The van der Waals surface area contributed by atoms with Crippen molar-refractivity contribution in [3.05, 3.63) is 35.8 Å². The average Bonchev–Trinajstić information content (AvgIpc) is 3.11. The summed E-state index contributed by atoms with van der Waals surface area (Å²) in [7, 11) is 0. The minimum Gasteiger partial charge on any atom is -0.444 e. The molecule has 1 aromatic carbocycles. The smallest absolute Gasteiger partial charge is 0.410 e. The maximum Gasteiger partial charge on any atom is 0.410 e. The van der Waals surface area contributed by atoms with Crippen LogP contribution in [0.2, 0.25) is 0 Å². The van der Waals surface area contributed by atoms with Crippen molar-refractivity contribution in [1.82, 2.24) is 9.88 Å². The first-order chi connectivity index (χ1) is 12.2. The van der Waals surface area contributed by atoms with Crippen molar-refractivity contribution >= 4 is 17.0 Å². The lowest BCUT2D eigenvalue weighted by Gasteiger charge is -2.32. The van der Waals surface area contributed by atoms with Crippen LogP contribution in [0.25, 0.3) is 10.9 Å². The van der Waals surface area contributed by atoms with Crippen molar-refractivity contribution in [1.29, 1.82) is 0 Å². The van der Waals surface area contributed by atoms with Crippen LogP contribution in [0, 0.1) is 5.82 Å². The van der Waals surface area contributed by atoms with Crippen molar-refractivity contribution in [2.24, 2.45) is 5.73 Å². The van der Waals surface area contributed by atoms with Gasteiger partial charge in [-0.15, -0.1) is 0 Å². The normalized spacial score (nSPS) is 22.0. The maximum absolute atomic E-state index is 13.5. The van der Waals surface area contributed by atoms with Crippen LogP contribution in [-0.2, 0) is 4.74 Å². The van der Waals surface area contributed by atoms with E-state index in [0.717, 1.165) is 10.9 Å². The Hall–Kier alpha value is -2.12. The zero-order valence-electron chi connectivity index (χ0n) is 15.3. The molecular weight excluding hydrogens is 337 g/mol. The lowest BCUT2D eigenvalue weighted by molar-refractivity contribution is 0.0191. The molecule has 6 nitrogen and oxygen atoms in total.